The molecule has 0 radical (unpaired) electrons. The second kappa shape index (κ2) is 6.39. The fourth-order valence-corrected chi connectivity index (χ4v) is 3.32. The smallest absolute Gasteiger partial charge is 0.224 e. The number of anilines is 2. The molecular formula is C15H25N5. The van der Waals surface area contributed by atoms with Gasteiger partial charge in [0.1, 0.15) is 5.82 Å². The highest BCUT2D eigenvalue weighted by atomic mass is 15.2. The third-order valence-electron chi connectivity index (χ3n) is 4.52. The molecule has 3 heterocycles. The third kappa shape index (κ3) is 3.20. The van der Waals surface area contributed by atoms with E-state index in [9.17, 15) is 0 Å². The number of hydrogen-bond acceptors (Lipinski definition) is 5. The molecule has 1 N–H and O–H groups in total. The van der Waals surface area contributed by atoms with Gasteiger partial charge >= 0.3 is 0 Å². The quantitative estimate of drug-likeness (QED) is 0.908. The molecule has 2 fully saturated rings. The number of nitrogens with zero attached hydrogens (tertiary/aromatic N) is 4. The molecule has 5 nitrogen and oxygen atoms in total. The minimum atomic E-state index is 0.710. The summed E-state index contributed by atoms with van der Waals surface area (Å²) >= 11 is 0. The zero-order chi connectivity index (χ0) is 13.8. The molecule has 2 saturated heterocycles. The van der Waals surface area contributed by atoms with Gasteiger partial charge in [-0.2, -0.15) is 4.98 Å². The summed E-state index contributed by atoms with van der Waals surface area (Å²) in [5.74, 6) is 2.64. The lowest BCUT2D eigenvalue weighted by atomic mass is 9.96. The third-order valence-corrected chi connectivity index (χ3v) is 4.52. The van der Waals surface area contributed by atoms with Crippen LogP contribution in [0.1, 0.15) is 25.7 Å². The lowest BCUT2D eigenvalue weighted by Crippen LogP contribution is -2.38. The standard InChI is InChI=1S/C15H25N5/c1-16-15-17-7-4-14(18-15)20-10-5-13(6-11-20)12-19-8-2-3-9-19/h4,7,13H,2-3,5-6,8-12H2,1H3,(H,16,17,18). The van der Waals surface area contributed by atoms with Crippen LogP contribution in [-0.2, 0) is 0 Å². The molecule has 0 spiro atoms. The highest BCUT2D eigenvalue weighted by Gasteiger charge is 2.23. The highest BCUT2D eigenvalue weighted by molar-refractivity contribution is 5.42. The van der Waals surface area contributed by atoms with Gasteiger partial charge in [0.2, 0.25) is 5.95 Å². The number of rotatable bonds is 4. The van der Waals surface area contributed by atoms with Gasteiger partial charge in [-0.05, 0) is 50.8 Å². The lowest BCUT2D eigenvalue weighted by molar-refractivity contribution is 0.249. The van der Waals surface area contributed by atoms with Crippen LogP contribution < -0.4 is 10.2 Å². The highest BCUT2D eigenvalue weighted by Crippen LogP contribution is 2.24. The van der Waals surface area contributed by atoms with Crippen molar-refractivity contribution in [1.29, 1.82) is 0 Å². The molecule has 1 aromatic heterocycles. The van der Waals surface area contributed by atoms with Crippen molar-refractivity contribution in [3.05, 3.63) is 12.3 Å². The number of aromatic nitrogens is 2. The summed E-state index contributed by atoms with van der Waals surface area (Å²) in [4.78, 5) is 13.8. The first kappa shape index (κ1) is 13.6. The van der Waals surface area contributed by atoms with Gasteiger partial charge in [0.15, 0.2) is 0 Å². The largest absolute Gasteiger partial charge is 0.357 e. The predicted molar refractivity (Wildman–Crippen MR) is 82.2 cm³/mol. The normalized spacial score (nSPS) is 21.4. The van der Waals surface area contributed by atoms with Crippen molar-refractivity contribution in [2.75, 3.05) is 50.0 Å². The molecule has 0 aliphatic carbocycles. The van der Waals surface area contributed by atoms with Gasteiger partial charge in [0.05, 0.1) is 0 Å². The van der Waals surface area contributed by atoms with Crippen molar-refractivity contribution < 1.29 is 0 Å². The van der Waals surface area contributed by atoms with E-state index in [1.54, 1.807) is 0 Å². The number of piperidine rings is 1. The van der Waals surface area contributed by atoms with Crippen molar-refractivity contribution >= 4 is 11.8 Å². The minimum absolute atomic E-state index is 0.710. The summed E-state index contributed by atoms with van der Waals surface area (Å²) in [6.45, 7) is 6.19. The molecule has 0 bridgehead atoms. The number of likely N-dealkylation sites (tertiary alicyclic amines) is 1. The van der Waals surface area contributed by atoms with E-state index in [0.29, 0.717) is 5.95 Å². The zero-order valence-electron chi connectivity index (χ0n) is 12.4. The van der Waals surface area contributed by atoms with Crippen LogP contribution >= 0.6 is 0 Å². The Kier molecular flexibility index (Phi) is 4.35. The lowest BCUT2D eigenvalue weighted by Gasteiger charge is -2.34. The first-order valence-corrected chi connectivity index (χ1v) is 7.83. The summed E-state index contributed by atoms with van der Waals surface area (Å²) < 4.78 is 0. The topological polar surface area (TPSA) is 44.3 Å². The van der Waals surface area contributed by atoms with E-state index in [1.165, 1.54) is 45.3 Å². The Bertz CT molecular complexity index is 422. The van der Waals surface area contributed by atoms with E-state index in [4.69, 9.17) is 0 Å². The maximum absolute atomic E-state index is 4.54. The molecule has 1 aromatic rings. The molecule has 2 aliphatic rings. The van der Waals surface area contributed by atoms with Crippen LogP contribution in [0.4, 0.5) is 11.8 Å². The Morgan fingerprint density at radius 3 is 2.65 bits per heavy atom. The molecular weight excluding hydrogens is 250 g/mol. The second-order valence-corrected chi connectivity index (χ2v) is 5.93. The summed E-state index contributed by atoms with van der Waals surface area (Å²) in [7, 11) is 1.86. The summed E-state index contributed by atoms with van der Waals surface area (Å²) in [5, 5.41) is 3.01. The van der Waals surface area contributed by atoms with Crippen molar-refractivity contribution in [1.82, 2.24) is 14.9 Å². The second-order valence-electron chi connectivity index (χ2n) is 5.93. The van der Waals surface area contributed by atoms with E-state index in [0.717, 1.165) is 24.8 Å². The van der Waals surface area contributed by atoms with E-state index in [-0.39, 0.29) is 0 Å². The van der Waals surface area contributed by atoms with Crippen LogP contribution in [-0.4, -0.2) is 54.6 Å². The first-order chi connectivity index (χ1) is 9.85. The summed E-state index contributed by atoms with van der Waals surface area (Å²) in [6, 6.07) is 2.02. The number of nitrogens with one attached hydrogen (secondary N) is 1. The van der Waals surface area contributed by atoms with Gasteiger partial charge in [-0.25, -0.2) is 4.98 Å². The molecule has 2 aliphatic heterocycles. The van der Waals surface area contributed by atoms with Crippen LogP contribution in [0, 0.1) is 5.92 Å². The fourth-order valence-electron chi connectivity index (χ4n) is 3.32. The zero-order valence-corrected chi connectivity index (χ0v) is 12.4. The Hall–Kier alpha value is -1.36. The van der Waals surface area contributed by atoms with Crippen molar-refractivity contribution in [2.45, 2.75) is 25.7 Å². The van der Waals surface area contributed by atoms with Gasteiger partial charge in [-0.15, -0.1) is 0 Å². The molecule has 3 rings (SSSR count). The molecule has 0 aromatic carbocycles. The van der Waals surface area contributed by atoms with Crippen molar-refractivity contribution in [2.24, 2.45) is 5.92 Å². The molecule has 0 unspecified atom stereocenters. The Morgan fingerprint density at radius 1 is 1.20 bits per heavy atom. The molecule has 0 saturated carbocycles. The maximum Gasteiger partial charge on any atom is 0.224 e. The molecule has 5 heteroatoms. The van der Waals surface area contributed by atoms with Gasteiger partial charge in [0, 0.05) is 32.9 Å². The predicted octanol–water partition coefficient (Wildman–Crippen LogP) is 1.83. The fraction of sp³-hybridized carbons (Fsp3) is 0.733. The monoisotopic (exact) mass is 275 g/mol. The van der Waals surface area contributed by atoms with Crippen LogP contribution in [0.2, 0.25) is 0 Å². The molecule has 0 atom stereocenters. The summed E-state index contributed by atoms with van der Waals surface area (Å²) in [6.07, 6.45) is 7.20. The van der Waals surface area contributed by atoms with Gasteiger partial charge in [0.25, 0.3) is 0 Å². The Balaban J connectivity index is 1.52. The van der Waals surface area contributed by atoms with E-state index < -0.39 is 0 Å². The van der Waals surface area contributed by atoms with E-state index in [2.05, 4.69) is 25.1 Å². The maximum atomic E-state index is 4.54. The van der Waals surface area contributed by atoms with Gasteiger partial charge in [-0.1, -0.05) is 0 Å². The van der Waals surface area contributed by atoms with Crippen molar-refractivity contribution in [3.8, 4) is 0 Å². The van der Waals surface area contributed by atoms with Crippen LogP contribution in [0.5, 0.6) is 0 Å². The van der Waals surface area contributed by atoms with Gasteiger partial charge in [-0.3, -0.25) is 0 Å². The SMILES string of the molecule is CNc1nccc(N2CCC(CN3CCCC3)CC2)n1. The van der Waals surface area contributed by atoms with Crippen LogP contribution in [0.15, 0.2) is 12.3 Å². The minimum Gasteiger partial charge on any atom is -0.357 e. The molecule has 0 amide bonds. The first-order valence-electron chi connectivity index (χ1n) is 7.83. The number of hydrogen-bond donors (Lipinski definition) is 1. The van der Waals surface area contributed by atoms with E-state index in [1.807, 2.05) is 19.3 Å². The van der Waals surface area contributed by atoms with Crippen molar-refractivity contribution in [3.63, 3.8) is 0 Å². The average molecular weight is 275 g/mol. The van der Waals surface area contributed by atoms with Gasteiger partial charge < -0.3 is 15.1 Å². The van der Waals surface area contributed by atoms with Crippen LogP contribution in [0.3, 0.4) is 0 Å². The Labute approximate surface area is 121 Å². The Morgan fingerprint density at radius 2 is 1.95 bits per heavy atom. The molecule has 110 valence electrons. The molecule has 20 heavy (non-hydrogen) atoms. The average Bonchev–Trinajstić information content (AvgIpc) is 3.01. The van der Waals surface area contributed by atoms with Crippen LogP contribution in [0.25, 0.3) is 0 Å². The van der Waals surface area contributed by atoms with E-state index >= 15 is 0 Å². The summed E-state index contributed by atoms with van der Waals surface area (Å²) in [5.41, 5.74) is 0.